The van der Waals surface area contributed by atoms with Gasteiger partial charge in [-0.15, -0.1) is 0 Å². The third-order valence-corrected chi connectivity index (χ3v) is 7.07. The Bertz CT molecular complexity index is 688. The maximum Gasteiger partial charge on any atom is 0.303 e. The lowest BCUT2D eigenvalue weighted by atomic mass is 9.51. The van der Waals surface area contributed by atoms with Crippen LogP contribution < -0.4 is 0 Å². The summed E-state index contributed by atoms with van der Waals surface area (Å²) in [6.07, 6.45) is 10.1. The number of fused-ring (bicyclic) bond motifs is 5. The van der Waals surface area contributed by atoms with Gasteiger partial charge < -0.3 is 4.74 Å². The number of allylic oxidation sites excluding steroid dienone is 2. The van der Waals surface area contributed by atoms with Crippen LogP contribution in [0.5, 0.6) is 0 Å². The number of ether oxygens (including phenoxy) is 1. The molecule has 4 heteroatoms. The second-order valence-corrected chi connectivity index (χ2v) is 8.13. The van der Waals surface area contributed by atoms with E-state index in [-0.39, 0.29) is 23.1 Å². The van der Waals surface area contributed by atoms with Gasteiger partial charge in [0.25, 0.3) is 0 Å². The largest absolute Gasteiger partial charge is 0.450 e. The summed E-state index contributed by atoms with van der Waals surface area (Å²) in [6.45, 7) is 3.57. The molecule has 0 bridgehead atoms. The number of rotatable bonds is 1. The maximum absolute atomic E-state index is 12.4. The Kier molecular flexibility index (Phi) is 3.38. The summed E-state index contributed by atoms with van der Waals surface area (Å²) < 4.78 is 5.88. The molecule has 128 valence electrons. The number of carbonyl (C=O) groups is 3. The SMILES string of the molecule is CC(=O)O[C@]12C=CC(=O)C=C1CCC1C3CCC(=O)[C@@]3(C)CCC12. The number of carbonyl (C=O) groups excluding carboxylic acids is 3. The molecule has 0 aliphatic heterocycles. The fourth-order valence-electron chi connectivity index (χ4n) is 6.00. The van der Waals surface area contributed by atoms with Crippen molar-refractivity contribution in [2.75, 3.05) is 0 Å². The monoisotopic (exact) mass is 328 g/mol. The number of esters is 1. The van der Waals surface area contributed by atoms with E-state index in [0.29, 0.717) is 24.0 Å². The van der Waals surface area contributed by atoms with Crippen LogP contribution >= 0.6 is 0 Å². The summed E-state index contributed by atoms with van der Waals surface area (Å²) in [5, 5.41) is 0. The minimum absolute atomic E-state index is 0.0251. The van der Waals surface area contributed by atoms with Gasteiger partial charge in [-0.05, 0) is 67.7 Å². The van der Waals surface area contributed by atoms with Crippen molar-refractivity contribution in [3.8, 4) is 0 Å². The second kappa shape index (κ2) is 5.14. The number of hydrogen-bond acceptors (Lipinski definition) is 4. The van der Waals surface area contributed by atoms with E-state index in [4.69, 9.17) is 4.74 Å². The lowest BCUT2D eigenvalue weighted by Crippen LogP contribution is -2.55. The highest BCUT2D eigenvalue weighted by Gasteiger charge is 2.60. The van der Waals surface area contributed by atoms with E-state index in [1.807, 2.05) is 6.08 Å². The molecule has 0 radical (unpaired) electrons. The molecule has 5 atom stereocenters. The fourth-order valence-corrected chi connectivity index (χ4v) is 6.00. The standard InChI is InChI=1S/C20H24O4/c1-12(21)24-20-10-7-14(22)11-13(20)3-4-15-16-5-6-18(23)19(16,2)9-8-17(15)20/h7,10-11,15-17H,3-6,8-9H2,1-2H3/t15?,16?,17?,19-,20+/m0/s1. The van der Waals surface area contributed by atoms with Gasteiger partial charge in [0.15, 0.2) is 11.4 Å². The molecule has 0 N–H and O–H groups in total. The molecule has 0 saturated heterocycles. The van der Waals surface area contributed by atoms with Gasteiger partial charge in [0.05, 0.1) is 0 Å². The molecule has 4 aliphatic carbocycles. The number of Topliss-reactive ketones (excluding diaryl/α,β-unsaturated/α-hetero) is 1. The Balaban J connectivity index is 1.76. The van der Waals surface area contributed by atoms with Crippen LogP contribution in [-0.4, -0.2) is 23.1 Å². The van der Waals surface area contributed by atoms with Gasteiger partial charge in [-0.2, -0.15) is 0 Å². The van der Waals surface area contributed by atoms with Crippen molar-refractivity contribution in [2.45, 2.75) is 58.0 Å². The van der Waals surface area contributed by atoms with E-state index in [1.54, 1.807) is 12.2 Å². The van der Waals surface area contributed by atoms with Gasteiger partial charge in [0.2, 0.25) is 0 Å². The van der Waals surface area contributed by atoms with E-state index in [2.05, 4.69) is 6.92 Å². The van der Waals surface area contributed by atoms with Crippen molar-refractivity contribution in [2.24, 2.45) is 23.2 Å². The molecule has 4 rings (SSSR count). The lowest BCUT2D eigenvalue weighted by Gasteiger charge is -2.55. The molecule has 3 unspecified atom stereocenters. The van der Waals surface area contributed by atoms with Gasteiger partial charge in [0, 0.05) is 24.7 Å². The Morgan fingerprint density at radius 1 is 1.17 bits per heavy atom. The molecule has 4 aliphatic rings. The molecule has 0 aromatic rings. The van der Waals surface area contributed by atoms with Crippen LogP contribution in [0.4, 0.5) is 0 Å². The summed E-state index contributed by atoms with van der Waals surface area (Å²) in [7, 11) is 0. The van der Waals surface area contributed by atoms with Crippen LogP contribution in [0.2, 0.25) is 0 Å². The summed E-state index contributed by atoms with van der Waals surface area (Å²) in [6, 6.07) is 0. The maximum atomic E-state index is 12.4. The highest BCUT2D eigenvalue weighted by Crippen LogP contribution is 2.61. The second-order valence-electron chi connectivity index (χ2n) is 8.13. The van der Waals surface area contributed by atoms with Crippen molar-refractivity contribution in [1.82, 2.24) is 0 Å². The quantitative estimate of drug-likeness (QED) is 0.694. The predicted molar refractivity (Wildman–Crippen MR) is 88.0 cm³/mol. The molecule has 0 amide bonds. The molecule has 0 aromatic heterocycles. The van der Waals surface area contributed by atoms with E-state index < -0.39 is 5.60 Å². The Labute approximate surface area is 142 Å². The number of ketones is 2. The van der Waals surface area contributed by atoms with Gasteiger partial charge >= 0.3 is 5.97 Å². The lowest BCUT2D eigenvalue weighted by molar-refractivity contribution is -0.164. The minimum atomic E-state index is -0.768. The summed E-state index contributed by atoms with van der Waals surface area (Å²) in [5.41, 5.74) is -0.0248. The van der Waals surface area contributed by atoms with E-state index >= 15 is 0 Å². The van der Waals surface area contributed by atoms with Crippen LogP contribution in [0, 0.1) is 23.2 Å². The van der Waals surface area contributed by atoms with E-state index in [0.717, 1.165) is 37.7 Å². The first-order valence-electron chi connectivity index (χ1n) is 9.04. The third-order valence-electron chi connectivity index (χ3n) is 7.07. The van der Waals surface area contributed by atoms with Gasteiger partial charge in [-0.25, -0.2) is 0 Å². The molecule has 0 aromatic carbocycles. The van der Waals surface area contributed by atoms with Gasteiger partial charge in [-0.3, -0.25) is 14.4 Å². The number of hydrogen-bond donors (Lipinski definition) is 0. The average molecular weight is 328 g/mol. The topological polar surface area (TPSA) is 60.4 Å². The van der Waals surface area contributed by atoms with E-state index in [1.165, 1.54) is 6.92 Å². The molecular formula is C20H24O4. The summed E-state index contributed by atoms with van der Waals surface area (Å²) in [5.74, 6) is 1.01. The van der Waals surface area contributed by atoms with Crippen LogP contribution in [0.15, 0.2) is 23.8 Å². The van der Waals surface area contributed by atoms with Gasteiger partial charge in [-0.1, -0.05) is 6.92 Å². The van der Waals surface area contributed by atoms with Crippen LogP contribution in [-0.2, 0) is 19.1 Å². The smallest absolute Gasteiger partial charge is 0.303 e. The first kappa shape index (κ1) is 15.8. The third kappa shape index (κ3) is 2.01. The van der Waals surface area contributed by atoms with Crippen LogP contribution in [0.25, 0.3) is 0 Å². The molecule has 4 nitrogen and oxygen atoms in total. The Morgan fingerprint density at radius 3 is 2.71 bits per heavy atom. The predicted octanol–water partition coefficient (Wildman–Crippen LogP) is 3.16. The highest BCUT2D eigenvalue weighted by molar-refractivity contribution is 6.01. The molecule has 24 heavy (non-hydrogen) atoms. The van der Waals surface area contributed by atoms with Crippen LogP contribution in [0.1, 0.15) is 52.4 Å². The van der Waals surface area contributed by atoms with E-state index in [9.17, 15) is 14.4 Å². The Morgan fingerprint density at radius 2 is 1.96 bits per heavy atom. The zero-order valence-electron chi connectivity index (χ0n) is 14.3. The van der Waals surface area contributed by atoms with Gasteiger partial charge in [0.1, 0.15) is 5.78 Å². The van der Waals surface area contributed by atoms with Crippen molar-refractivity contribution < 1.29 is 19.1 Å². The first-order valence-corrected chi connectivity index (χ1v) is 9.04. The first-order chi connectivity index (χ1) is 11.4. The van der Waals surface area contributed by atoms with Crippen molar-refractivity contribution in [3.63, 3.8) is 0 Å². The zero-order valence-corrected chi connectivity index (χ0v) is 14.3. The molecule has 3 fully saturated rings. The molecule has 0 heterocycles. The van der Waals surface area contributed by atoms with Crippen molar-refractivity contribution >= 4 is 17.5 Å². The molecule has 0 spiro atoms. The fraction of sp³-hybridized carbons (Fsp3) is 0.650. The average Bonchev–Trinajstić information content (AvgIpc) is 2.83. The highest BCUT2D eigenvalue weighted by atomic mass is 16.6. The Hall–Kier alpha value is -1.71. The van der Waals surface area contributed by atoms with Crippen LogP contribution in [0.3, 0.4) is 0 Å². The van der Waals surface area contributed by atoms with Crippen molar-refractivity contribution in [3.05, 3.63) is 23.8 Å². The molecule has 3 saturated carbocycles. The normalized spacial score (nSPS) is 43.6. The zero-order chi connectivity index (χ0) is 17.1. The minimum Gasteiger partial charge on any atom is -0.450 e. The van der Waals surface area contributed by atoms with Crippen molar-refractivity contribution in [1.29, 1.82) is 0 Å². The summed E-state index contributed by atoms with van der Waals surface area (Å²) in [4.78, 5) is 36.1. The summed E-state index contributed by atoms with van der Waals surface area (Å²) >= 11 is 0. The molecular weight excluding hydrogens is 304 g/mol.